The number of carbonyl (C=O) groups excluding carboxylic acids is 2. The third-order valence-electron chi connectivity index (χ3n) is 6.75. The Morgan fingerprint density at radius 3 is 2.65 bits per heavy atom. The van der Waals surface area contributed by atoms with Gasteiger partial charge in [0, 0.05) is 29.9 Å². The van der Waals surface area contributed by atoms with Crippen molar-refractivity contribution in [1.29, 1.82) is 0 Å². The van der Waals surface area contributed by atoms with E-state index in [9.17, 15) is 9.59 Å². The van der Waals surface area contributed by atoms with Crippen LogP contribution in [0.25, 0.3) is 0 Å². The number of cyclic esters (lactones) is 1. The summed E-state index contributed by atoms with van der Waals surface area (Å²) in [7, 11) is 1.67. The maximum absolute atomic E-state index is 12.4. The molecule has 1 heterocycles. The SMILES string of the molecule is C=CC(=O)OC1C(OC)C2(C(C)C)CCC1(C)C1C(=O)OCC12. The molecule has 0 amide bonds. The van der Waals surface area contributed by atoms with Crippen LogP contribution in [0.4, 0.5) is 0 Å². The molecule has 5 nitrogen and oxygen atoms in total. The van der Waals surface area contributed by atoms with Crippen molar-refractivity contribution in [3.05, 3.63) is 12.7 Å². The van der Waals surface area contributed by atoms with Crippen molar-refractivity contribution in [2.24, 2.45) is 28.6 Å². The molecule has 4 fully saturated rings. The first-order valence-corrected chi connectivity index (χ1v) is 8.35. The molecule has 128 valence electrons. The highest BCUT2D eigenvalue weighted by molar-refractivity contribution is 5.82. The van der Waals surface area contributed by atoms with E-state index in [0.29, 0.717) is 12.5 Å². The second kappa shape index (κ2) is 5.33. The summed E-state index contributed by atoms with van der Waals surface area (Å²) < 4.78 is 17.0. The van der Waals surface area contributed by atoms with E-state index in [1.54, 1.807) is 7.11 Å². The molecule has 6 atom stereocenters. The Labute approximate surface area is 137 Å². The van der Waals surface area contributed by atoms with Crippen molar-refractivity contribution in [2.45, 2.75) is 45.8 Å². The average Bonchev–Trinajstić information content (AvgIpc) is 2.92. The first-order chi connectivity index (χ1) is 10.8. The molecule has 0 radical (unpaired) electrons. The minimum absolute atomic E-state index is 0.123. The van der Waals surface area contributed by atoms with Gasteiger partial charge in [-0.2, -0.15) is 0 Å². The Kier molecular flexibility index (Phi) is 3.82. The van der Waals surface area contributed by atoms with E-state index in [0.717, 1.165) is 12.8 Å². The summed E-state index contributed by atoms with van der Waals surface area (Å²) in [4.78, 5) is 24.3. The molecule has 0 spiro atoms. The van der Waals surface area contributed by atoms with Gasteiger partial charge in [0.1, 0.15) is 12.2 Å². The van der Waals surface area contributed by atoms with Gasteiger partial charge in [-0.05, 0) is 18.8 Å². The molecule has 23 heavy (non-hydrogen) atoms. The number of rotatable bonds is 4. The Morgan fingerprint density at radius 2 is 2.09 bits per heavy atom. The lowest BCUT2D eigenvalue weighted by Crippen LogP contribution is -2.71. The van der Waals surface area contributed by atoms with Gasteiger partial charge in [-0.1, -0.05) is 27.4 Å². The number of ether oxygens (including phenoxy) is 3. The summed E-state index contributed by atoms with van der Waals surface area (Å²) in [5, 5.41) is 0. The Bertz CT molecular complexity index is 542. The zero-order valence-electron chi connectivity index (χ0n) is 14.3. The Morgan fingerprint density at radius 1 is 1.39 bits per heavy atom. The highest BCUT2D eigenvalue weighted by Crippen LogP contribution is 2.68. The van der Waals surface area contributed by atoms with Crippen LogP contribution in [0.1, 0.15) is 33.6 Å². The van der Waals surface area contributed by atoms with Crippen molar-refractivity contribution in [2.75, 3.05) is 13.7 Å². The molecule has 6 unspecified atom stereocenters. The molecular weight excluding hydrogens is 296 g/mol. The topological polar surface area (TPSA) is 61.8 Å². The quantitative estimate of drug-likeness (QED) is 0.587. The lowest BCUT2D eigenvalue weighted by atomic mass is 9.41. The highest BCUT2D eigenvalue weighted by Gasteiger charge is 2.73. The molecule has 0 aromatic carbocycles. The molecular formula is C18H26O5. The Hall–Kier alpha value is -1.36. The van der Waals surface area contributed by atoms with Gasteiger partial charge in [0.2, 0.25) is 0 Å². The monoisotopic (exact) mass is 322 g/mol. The van der Waals surface area contributed by atoms with Crippen molar-refractivity contribution in [1.82, 2.24) is 0 Å². The van der Waals surface area contributed by atoms with E-state index < -0.39 is 17.5 Å². The second-order valence-corrected chi connectivity index (χ2v) is 7.71. The zero-order valence-corrected chi connectivity index (χ0v) is 14.3. The fraction of sp³-hybridized carbons (Fsp3) is 0.778. The van der Waals surface area contributed by atoms with Crippen LogP contribution >= 0.6 is 0 Å². The van der Waals surface area contributed by atoms with Gasteiger partial charge in [0.05, 0.1) is 12.5 Å². The fourth-order valence-corrected chi connectivity index (χ4v) is 5.60. The van der Waals surface area contributed by atoms with Crippen molar-refractivity contribution in [3.63, 3.8) is 0 Å². The molecule has 1 aliphatic heterocycles. The molecule has 1 saturated heterocycles. The van der Waals surface area contributed by atoms with Gasteiger partial charge in [-0.15, -0.1) is 0 Å². The molecule has 5 heteroatoms. The van der Waals surface area contributed by atoms with Crippen LogP contribution in [0.5, 0.6) is 0 Å². The van der Waals surface area contributed by atoms with Crippen LogP contribution in [-0.4, -0.2) is 37.9 Å². The predicted molar refractivity (Wildman–Crippen MR) is 83.4 cm³/mol. The largest absolute Gasteiger partial charge is 0.465 e. The van der Waals surface area contributed by atoms with Crippen LogP contribution in [0.3, 0.4) is 0 Å². The molecule has 3 aliphatic carbocycles. The van der Waals surface area contributed by atoms with Gasteiger partial charge in [-0.3, -0.25) is 4.79 Å². The van der Waals surface area contributed by atoms with Gasteiger partial charge in [0.15, 0.2) is 0 Å². The number of carbonyl (C=O) groups is 2. The average molecular weight is 322 g/mol. The summed E-state index contributed by atoms with van der Waals surface area (Å²) in [6, 6.07) is 0. The van der Waals surface area contributed by atoms with E-state index in [1.165, 1.54) is 6.08 Å². The van der Waals surface area contributed by atoms with E-state index in [2.05, 4.69) is 20.4 Å². The van der Waals surface area contributed by atoms with Crippen molar-refractivity contribution >= 4 is 11.9 Å². The standard InChI is InChI=1S/C18H26O5/c1-6-12(19)23-14-15(21-5)18(10(2)3)8-7-17(14,4)13-11(18)9-22-16(13)20/h6,10-11,13-15H,1,7-9H2,2-5H3. The van der Waals surface area contributed by atoms with Gasteiger partial charge in [-0.25, -0.2) is 4.79 Å². The van der Waals surface area contributed by atoms with E-state index in [1.807, 2.05) is 6.92 Å². The summed E-state index contributed by atoms with van der Waals surface area (Å²) >= 11 is 0. The molecule has 3 saturated carbocycles. The van der Waals surface area contributed by atoms with Gasteiger partial charge in [0.25, 0.3) is 0 Å². The van der Waals surface area contributed by atoms with Crippen LogP contribution in [0, 0.1) is 28.6 Å². The lowest BCUT2D eigenvalue weighted by molar-refractivity contribution is -0.266. The van der Waals surface area contributed by atoms with E-state index >= 15 is 0 Å². The third-order valence-corrected chi connectivity index (χ3v) is 6.75. The molecule has 4 rings (SSSR count). The predicted octanol–water partition coefficient (Wildman–Crippen LogP) is 2.34. The third kappa shape index (κ3) is 1.95. The molecule has 0 N–H and O–H groups in total. The van der Waals surface area contributed by atoms with Crippen molar-refractivity contribution in [3.8, 4) is 0 Å². The van der Waals surface area contributed by atoms with E-state index in [4.69, 9.17) is 14.2 Å². The first kappa shape index (κ1) is 16.5. The summed E-state index contributed by atoms with van der Waals surface area (Å²) in [6.07, 6.45) is 2.27. The minimum Gasteiger partial charge on any atom is -0.465 e. The molecule has 0 aromatic heterocycles. The zero-order chi connectivity index (χ0) is 17.0. The van der Waals surface area contributed by atoms with Crippen LogP contribution in [0.15, 0.2) is 12.7 Å². The van der Waals surface area contributed by atoms with Crippen LogP contribution in [-0.2, 0) is 23.8 Å². The summed E-state index contributed by atoms with van der Waals surface area (Å²) in [6.45, 7) is 10.3. The summed E-state index contributed by atoms with van der Waals surface area (Å²) in [5.41, 5.74) is -0.663. The normalized spacial score (nSPS) is 44.8. The number of hydrogen-bond acceptors (Lipinski definition) is 5. The highest BCUT2D eigenvalue weighted by atomic mass is 16.6. The van der Waals surface area contributed by atoms with E-state index in [-0.39, 0.29) is 29.3 Å². The molecule has 4 aliphatic rings. The fourth-order valence-electron chi connectivity index (χ4n) is 5.60. The van der Waals surface area contributed by atoms with Crippen molar-refractivity contribution < 1.29 is 23.8 Å². The van der Waals surface area contributed by atoms with Gasteiger partial charge < -0.3 is 14.2 Å². The number of methoxy groups -OCH3 is 1. The lowest BCUT2D eigenvalue weighted by Gasteiger charge is -2.65. The molecule has 0 aromatic rings. The first-order valence-electron chi connectivity index (χ1n) is 8.35. The van der Waals surface area contributed by atoms with Crippen LogP contribution in [0.2, 0.25) is 0 Å². The minimum atomic E-state index is -0.465. The maximum Gasteiger partial charge on any atom is 0.330 e. The molecule has 2 bridgehead atoms. The summed E-state index contributed by atoms with van der Waals surface area (Å²) in [5.74, 6) is -0.432. The maximum atomic E-state index is 12.4. The van der Waals surface area contributed by atoms with Gasteiger partial charge >= 0.3 is 11.9 Å². The Balaban J connectivity index is 2.12. The van der Waals surface area contributed by atoms with Crippen LogP contribution < -0.4 is 0 Å². The number of esters is 2. The number of fused-ring (bicyclic) bond motifs is 2. The number of hydrogen-bond donors (Lipinski definition) is 0. The smallest absolute Gasteiger partial charge is 0.330 e. The second-order valence-electron chi connectivity index (χ2n) is 7.71.